The first-order chi connectivity index (χ1) is 19.2. The number of nitrogens with zero attached hydrogens (tertiary/aromatic N) is 4. The number of halogens is 4. The highest BCUT2D eigenvalue weighted by Gasteiger charge is 2.45. The van der Waals surface area contributed by atoms with Crippen molar-refractivity contribution in [3.63, 3.8) is 0 Å². The van der Waals surface area contributed by atoms with E-state index in [1.807, 2.05) is 17.1 Å². The van der Waals surface area contributed by atoms with Gasteiger partial charge in [0.2, 0.25) is 0 Å². The molecule has 3 aliphatic heterocycles. The first-order valence-electron chi connectivity index (χ1n) is 12.8. The summed E-state index contributed by atoms with van der Waals surface area (Å²) in [5.74, 6) is -0.767. The van der Waals surface area contributed by atoms with Crippen LogP contribution in [0.3, 0.4) is 0 Å². The van der Waals surface area contributed by atoms with E-state index in [2.05, 4.69) is 25.6 Å². The molecule has 1 fully saturated rings. The van der Waals surface area contributed by atoms with Crippen molar-refractivity contribution in [1.29, 1.82) is 0 Å². The summed E-state index contributed by atoms with van der Waals surface area (Å²) in [5.41, 5.74) is 8.03. The van der Waals surface area contributed by atoms with Crippen LogP contribution in [0.4, 0.5) is 33.7 Å². The van der Waals surface area contributed by atoms with E-state index in [0.717, 1.165) is 42.8 Å². The van der Waals surface area contributed by atoms with E-state index in [1.165, 1.54) is 6.34 Å². The smallest absolute Gasteiger partial charge is 0.385 e. The predicted octanol–water partition coefficient (Wildman–Crippen LogP) is 4.57. The van der Waals surface area contributed by atoms with Crippen LogP contribution in [0.25, 0.3) is 0 Å². The minimum atomic E-state index is -4.67. The third kappa shape index (κ3) is 5.65. The molecule has 2 atom stereocenters. The van der Waals surface area contributed by atoms with E-state index in [-0.39, 0.29) is 12.0 Å². The zero-order chi connectivity index (χ0) is 28.4. The number of carbonyl (C=O) groups excluding carboxylic acids is 1. The van der Waals surface area contributed by atoms with Gasteiger partial charge >= 0.3 is 12.2 Å². The van der Waals surface area contributed by atoms with Crippen LogP contribution in [0.2, 0.25) is 0 Å². The molecule has 3 aliphatic rings. The number of aliphatic imine (C=N–C) groups is 1. The fourth-order valence-electron chi connectivity index (χ4n) is 5.38. The molecule has 0 spiro atoms. The van der Waals surface area contributed by atoms with E-state index in [9.17, 15) is 22.4 Å². The van der Waals surface area contributed by atoms with Gasteiger partial charge in [0.1, 0.15) is 24.0 Å². The summed E-state index contributed by atoms with van der Waals surface area (Å²) in [6.45, 7) is 3.09. The number of likely N-dealkylation sites (tertiary alicyclic amines) is 1. The number of anilines is 2. The van der Waals surface area contributed by atoms with Gasteiger partial charge in [0.05, 0.1) is 23.6 Å². The second kappa shape index (κ2) is 11.3. The molecule has 0 radical (unpaired) electrons. The standard InChI is InChI=1S/C27H29F4N7O2/c1-40-14-19-22(13-37-10-2-3-11-37)38-24(25(32)33-15-34-38)23(19)16-4-7-18(8-5-16)35-26(39)36-21-12-17(27(29,30)31)6-9-20(21)28/h4-9,12,15,23-24H,2-3,10-11,13-14H2,1H3,(H2,32,33,34)(H2,35,36,39). The van der Waals surface area contributed by atoms with Crippen LogP contribution in [-0.4, -0.2) is 67.5 Å². The molecule has 4 N–H and O–H groups in total. The maximum atomic E-state index is 14.0. The van der Waals surface area contributed by atoms with Crippen LogP contribution in [0.15, 0.2) is 63.8 Å². The van der Waals surface area contributed by atoms with Crippen LogP contribution in [0.1, 0.15) is 29.9 Å². The van der Waals surface area contributed by atoms with E-state index in [4.69, 9.17) is 10.5 Å². The number of hydrogen-bond acceptors (Lipinski definition) is 7. The fourth-order valence-corrected chi connectivity index (χ4v) is 5.38. The molecule has 9 nitrogen and oxygen atoms in total. The number of hydrazone groups is 1. The van der Waals surface area contributed by atoms with Crippen molar-refractivity contribution in [2.45, 2.75) is 31.0 Å². The third-order valence-corrected chi connectivity index (χ3v) is 7.23. The number of nitrogens with one attached hydrogen (secondary N) is 2. The lowest BCUT2D eigenvalue weighted by Gasteiger charge is -2.30. The van der Waals surface area contributed by atoms with Crippen molar-refractivity contribution < 1.29 is 27.1 Å². The first kappa shape index (κ1) is 27.6. The monoisotopic (exact) mass is 559 g/mol. The van der Waals surface area contributed by atoms with Crippen molar-refractivity contribution in [2.75, 3.05) is 44.0 Å². The molecule has 2 aromatic carbocycles. The lowest BCUT2D eigenvalue weighted by atomic mass is 9.86. The molecule has 0 bridgehead atoms. The minimum Gasteiger partial charge on any atom is -0.385 e. The Balaban J connectivity index is 1.36. The van der Waals surface area contributed by atoms with Gasteiger partial charge in [-0.05, 0) is 67.4 Å². The van der Waals surface area contributed by atoms with Crippen LogP contribution in [0, 0.1) is 5.82 Å². The number of benzene rings is 2. The quantitative estimate of drug-likeness (QED) is 0.431. The maximum Gasteiger partial charge on any atom is 0.416 e. The molecule has 2 aromatic rings. The predicted molar refractivity (Wildman–Crippen MR) is 144 cm³/mol. The topological polar surface area (TPSA) is 108 Å². The van der Waals surface area contributed by atoms with Crippen LogP contribution >= 0.6 is 0 Å². The van der Waals surface area contributed by atoms with Crippen LogP contribution < -0.4 is 16.4 Å². The summed E-state index contributed by atoms with van der Waals surface area (Å²) in [4.78, 5) is 19.1. The van der Waals surface area contributed by atoms with Gasteiger partial charge in [0.15, 0.2) is 0 Å². The zero-order valence-electron chi connectivity index (χ0n) is 21.7. The highest BCUT2D eigenvalue weighted by Crippen LogP contribution is 2.43. The van der Waals surface area contributed by atoms with E-state index in [1.54, 1.807) is 19.2 Å². The summed E-state index contributed by atoms with van der Waals surface area (Å²) in [5, 5.41) is 11.1. The second-order valence-electron chi connectivity index (χ2n) is 9.83. The van der Waals surface area contributed by atoms with Gasteiger partial charge in [-0.25, -0.2) is 14.2 Å². The Morgan fingerprint density at radius 1 is 1.12 bits per heavy atom. The normalized spacial score (nSPS) is 21.0. The third-order valence-electron chi connectivity index (χ3n) is 7.23. The largest absolute Gasteiger partial charge is 0.416 e. The number of amides is 2. The van der Waals surface area contributed by atoms with Gasteiger partial charge in [-0.1, -0.05) is 12.1 Å². The number of ether oxygens (including phenoxy) is 1. The van der Waals surface area contributed by atoms with Crippen molar-refractivity contribution in [3.05, 3.63) is 70.7 Å². The van der Waals surface area contributed by atoms with Gasteiger partial charge in [0.25, 0.3) is 0 Å². The van der Waals surface area contributed by atoms with Gasteiger partial charge in [-0.15, -0.1) is 0 Å². The summed E-state index contributed by atoms with van der Waals surface area (Å²) in [6.07, 6.45) is -0.930. The minimum absolute atomic E-state index is 0.208. The van der Waals surface area contributed by atoms with Gasteiger partial charge in [-0.3, -0.25) is 9.91 Å². The molecule has 0 saturated carbocycles. The van der Waals surface area contributed by atoms with Gasteiger partial charge < -0.3 is 21.1 Å². The Morgan fingerprint density at radius 3 is 2.52 bits per heavy atom. The van der Waals surface area contributed by atoms with Gasteiger partial charge in [-0.2, -0.15) is 18.3 Å². The molecule has 2 amide bonds. The lowest BCUT2D eigenvalue weighted by molar-refractivity contribution is -0.137. The molecule has 0 aliphatic carbocycles. The molecule has 3 heterocycles. The Bertz CT molecular complexity index is 1350. The van der Waals surface area contributed by atoms with Crippen molar-refractivity contribution in [2.24, 2.45) is 15.8 Å². The number of hydrogen-bond donors (Lipinski definition) is 3. The van der Waals surface area contributed by atoms with Crippen molar-refractivity contribution >= 4 is 29.6 Å². The Kier molecular flexibility index (Phi) is 7.76. The summed E-state index contributed by atoms with van der Waals surface area (Å²) in [6, 6.07) is 7.56. The zero-order valence-corrected chi connectivity index (χ0v) is 21.7. The SMILES string of the molecule is COCC1=C(CN2CCCC2)N2N=CN=C(N)C2C1c1ccc(NC(=O)Nc2cc(C(F)(F)F)ccc2F)cc1. The molecular weight excluding hydrogens is 530 g/mol. The lowest BCUT2D eigenvalue weighted by Crippen LogP contribution is -2.44. The average Bonchev–Trinajstić information content (AvgIpc) is 3.53. The Morgan fingerprint density at radius 2 is 1.85 bits per heavy atom. The maximum absolute atomic E-state index is 14.0. The fraction of sp³-hybridized carbons (Fsp3) is 0.370. The highest BCUT2D eigenvalue weighted by molar-refractivity contribution is 6.00. The molecule has 212 valence electrons. The second-order valence-corrected chi connectivity index (χ2v) is 9.83. The molecular formula is C27H29F4N7O2. The van der Waals surface area contributed by atoms with E-state index < -0.39 is 29.3 Å². The highest BCUT2D eigenvalue weighted by atomic mass is 19.4. The Hall–Kier alpha value is -3.97. The molecule has 2 unspecified atom stereocenters. The summed E-state index contributed by atoms with van der Waals surface area (Å²) >= 11 is 0. The van der Waals surface area contributed by atoms with Crippen molar-refractivity contribution in [1.82, 2.24) is 9.91 Å². The average molecular weight is 560 g/mol. The number of fused-ring (bicyclic) bond motifs is 1. The molecule has 13 heteroatoms. The molecule has 5 rings (SSSR count). The van der Waals surface area contributed by atoms with E-state index in [0.29, 0.717) is 42.9 Å². The Labute approximate surface area is 228 Å². The number of urea groups is 1. The number of rotatable bonds is 7. The molecule has 0 aromatic heterocycles. The number of amidine groups is 1. The van der Waals surface area contributed by atoms with Crippen LogP contribution in [0.5, 0.6) is 0 Å². The van der Waals surface area contributed by atoms with Crippen LogP contribution in [-0.2, 0) is 10.9 Å². The molecule has 40 heavy (non-hydrogen) atoms. The summed E-state index contributed by atoms with van der Waals surface area (Å²) in [7, 11) is 1.63. The number of nitrogens with two attached hydrogens (primary N) is 1. The molecule has 1 saturated heterocycles. The number of alkyl halides is 3. The van der Waals surface area contributed by atoms with Crippen molar-refractivity contribution in [3.8, 4) is 0 Å². The number of carbonyl (C=O) groups is 1. The number of methoxy groups -OCH3 is 1. The first-order valence-corrected chi connectivity index (χ1v) is 12.8. The summed E-state index contributed by atoms with van der Waals surface area (Å²) < 4.78 is 58.6. The van der Waals surface area contributed by atoms with Gasteiger partial charge in [0, 0.05) is 25.3 Å². The van der Waals surface area contributed by atoms with E-state index >= 15 is 0 Å².